The Kier molecular flexibility index (Phi) is 4.00. The zero-order valence-corrected chi connectivity index (χ0v) is 12.6. The lowest BCUT2D eigenvalue weighted by atomic mass is 9.66. The van der Waals surface area contributed by atoms with Crippen LogP contribution in [-0.4, -0.2) is 25.0 Å². The molecule has 1 saturated heterocycles. The third-order valence-corrected chi connectivity index (χ3v) is 4.97. The second kappa shape index (κ2) is 5.92. The van der Waals surface area contributed by atoms with Crippen LogP contribution >= 0.6 is 0 Å². The van der Waals surface area contributed by atoms with Gasteiger partial charge in [-0.3, -0.25) is 4.79 Å². The average Bonchev–Trinajstić information content (AvgIpc) is 2.92. The molecule has 1 aliphatic heterocycles. The summed E-state index contributed by atoms with van der Waals surface area (Å²) in [6, 6.07) is 10.7. The summed E-state index contributed by atoms with van der Waals surface area (Å²) < 4.78 is 0. The van der Waals surface area contributed by atoms with Crippen molar-refractivity contribution in [3.05, 3.63) is 43.0 Å². The van der Waals surface area contributed by atoms with Gasteiger partial charge in [0.15, 0.2) is 0 Å². The van der Waals surface area contributed by atoms with Crippen molar-refractivity contribution in [2.75, 3.05) is 18.0 Å². The standard InChI is InChI=1S/C18H24N2O/c1-2-10-18(11-6-12-18)17(21)19-15-9-13-20(14-15)16-7-4-3-5-8-16/h2-5,7-8,15H,1,6,9-14H2,(H,19,21)/t15-/m1/s1. The zero-order chi connectivity index (χ0) is 14.7. The van der Waals surface area contributed by atoms with E-state index in [9.17, 15) is 4.79 Å². The molecule has 0 unspecified atom stereocenters. The molecule has 3 rings (SSSR count). The number of nitrogens with zero attached hydrogens (tertiary/aromatic N) is 1. The first-order valence-electron chi connectivity index (χ1n) is 7.95. The largest absolute Gasteiger partial charge is 0.369 e. The van der Waals surface area contributed by atoms with Crippen LogP contribution in [0, 0.1) is 5.41 Å². The van der Waals surface area contributed by atoms with Gasteiger partial charge in [0.05, 0.1) is 5.41 Å². The van der Waals surface area contributed by atoms with Crippen molar-refractivity contribution in [2.24, 2.45) is 5.41 Å². The Morgan fingerprint density at radius 1 is 1.38 bits per heavy atom. The molecule has 1 aromatic carbocycles. The molecule has 1 amide bonds. The van der Waals surface area contributed by atoms with E-state index in [1.54, 1.807) is 0 Å². The molecule has 3 heteroatoms. The van der Waals surface area contributed by atoms with E-state index in [-0.39, 0.29) is 17.4 Å². The Labute approximate surface area is 127 Å². The van der Waals surface area contributed by atoms with Crippen LogP contribution in [0.5, 0.6) is 0 Å². The van der Waals surface area contributed by atoms with Crippen LogP contribution in [0.3, 0.4) is 0 Å². The molecule has 0 spiro atoms. The van der Waals surface area contributed by atoms with Crippen LogP contribution in [0.2, 0.25) is 0 Å². The van der Waals surface area contributed by atoms with Gasteiger partial charge in [-0.15, -0.1) is 6.58 Å². The Bertz CT molecular complexity index is 507. The second-order valence-corrected chi connectivity index (χ2v) is 6.37. The first-order chi connectivity index (χ1) is 10.2. The van der Waals surface area contributed by atoms with Crippen molar-refractivity contribution in [1.82, 2.24) is 5.32 Å². The summed E-state index contributed by atoms with van der Waals surface area (Å²) in [4.78, 5) is 14.9. The van der Waals surface area contributed by atoms with Crippen LogP contribution in [0.1, 0.15) is 32.1 Å². The van der Waals surface area contributed by atoms with Gasteiger partial charge < -0.3 is 10.2 Å². The summed E-state index contributed by atoms with van der Waals surface area (Å²) in [6.07, 6.45) is 6.93. The molecular formula is C18H24N2O. The lowest BCUT2D eigenvalue weighted by Crippen LogP contribution is -2.49. The molecule has 0 radical (unpaired) electrons. The Morgan fingerprint density at radius 3 is 2.76 bits per heavy atom. The van der Waals surface area contributed by atoms with Crippen molar-refractivity contribution in [1.29, 1.82) is 0 Å². The lowest BCUT2D eigenvalue weighted by molar-refractivity contribution is -0.136. The highest BCUT2D eigenvalue weighted by atomic mass is 16.2. The quantitative estimate of drug-likeness (QED) is 0.843. The molecule has 2 aliphatic rings. The summed E-state index contributed by atoms with van der Waals surface area (Å²) in [5, 5.41) is 3.28. The maximum atomic E-state index is 12.6. The number of carbonyl (C=O) groups excluding carboxylic acids is 1. The normalized spacial score (nSPS) is 23.4. The number of hydrogen-bond donors (Lipinski definition) is 1. The maximum absolute atomic E-state index is 12.6. The third kappa shape index (κ3) is 2.82. The van der Waals surface area contributed by atoms with Gasteiger partial charge in [-0.25, -0.2) is 0 Å². The highest BCUT2D eigenvalue weighted by molar-refractivity contribution is 5.84. The van der Waals surface area contributed by atoms with E-state index in [1.165, 1.54) is 12.1 Å². The van der Waals surface area contributed by atoms with Crippen molar-refractivity contribution in [3.63, 3.8) is 0 Å². The predicted octanol–water partition coefficient (Wildman–Crippen LogP) is 3.13. The molecule has 1 saturated carbocycles. The summed E-state index contributed by atoms with van der Waals surface area (Å²) in [6.45, 7) is 5.74. The van der Waals surface area contributed by atoms with E-state index in [4.69, 9.17) is 0 Å². The Morgan fingerprint density at radius 2 is 2.14 bits per heavy atom. The summed E-state index contributed by atoms with van der Waals surface area (Å²) in [5.74, 6) is 0.244. The number of hydrogen-bond acceptors (Lipinski definition) is 2. The van der Waals surface area contributed by atoms with Gasteiger partial charge in [-0.05, 0) is 37.8 Å². The van der Waals surface area contributed by atoms with Crippen LogP contribution in [-0.2, 0) is 4.79 Å². The molecule has 1 heterocycles. The third-order valence-electron chi connectivity index (χ3n) is 4.97. The van der Waals surface area contributed by atoms with Crippen LogP contribution < -0.4 is 10.2 Å². The SMILES string of the molecule is C=CCC1(C(=O)N[C@@H]2CCN(c3ccccc3)C2)CCC1. The highest BCUT2D eigenvalue weighted by Crippen LogP contribution is 2.44. The Hall–Kier alpha value is -1.77. The van der Waals surface area contributed by atoms with E-state index in [1.807, 2.05) is 12.1 Å². The molecule has 0 bridgehead atoms. The first kappa shape index (κ1) is 14.2. The van der Waals surface area contributed by atoms with Crippen LogP contribution in [0.15, 0.2) is 43.0 Å². The van der Waals surface area contributed by atoms with Gasteiger partial charge in [0.1, 0.15) is 0 Å². The predicted molar refractivity (Wildman–Crippen MR) is 86.3 cm³/mol. The summed E-state index contributed by atoms with van der Waals surface area (Å²) >= 11 is 0. The molecular weight excluding hydrogens is 260 g/mol. The monoisotopic (exact) mass is 284 g/mol. The number of rotatable bonds is 5. The maximum Gasteiger partial charge on any atom is 0.226 e. The van der Waals surface area contributed by atoms with E-state index in [0.717, 1.165) is 38.8 Å². The molecule has 1 N–H and O–H groups in total. The van der Waals surface area contributed by atoms with Gasteiger partial charge in [-0.2, -0.15) is 0 Å². The minimum absolute atomic E-state index is 0.151. The molecule has 21 heavy (non-hydrogen) atoms. The van der Waals surface area contributed by atoms with E-state index in [0.29, 0.717) is 0 Å². The first-order valence-corrected chi connectivity index (χ1v) is 7.95. The fourth-order valence-corrected chi connectivity index (χ4v) is 3.49. The van der Waals surface area contributed by atoms with Gasteiger partial charge in [0.2, 0.25) is 5.91 Å². The lowest BCUT2D eigenvalue weighted by Gasteiger charge is -2.40. The van der Waals surface area contributed by atoms with Crippen LogP contribution in [0.25, 0.3) is 0 Å². The second-order valence-electron chi connectivity index (χ2n) is 6.37. The number of para-hydroxylation sites is 1. The van der Waals surface area contributed by atoms with Gasteiger partial charge in [-0.1, -0.05) is 30.7 Å². The number of benzene rings is 1. The number of carbonyl (C=O) groups is 1. The smallest absolute Gasteiger partial charge is 0.226 e. The fraction of sp³-hybridized carbons (Fsp3) is 0.500. The van der Waals surface area contributed by atoms with Crippen LogP contribution in [0.4, 0.5) is 5.69 Å². The number of anilines is 1. The average molecular weight is 284 g/mol. The minimum atomic E-state index is -0.151. The van der Waals surface area contributed by atoms with Crippen molar-refractivity contribution in [2.45, 2.75) is 38.1 Å². The number of nitrogens with one attached hydrogen (secondary N) is 1. The molecule has 0 aromatic heterocycles. The fourth-order valence-electron chi connectivity index (χ4n) is 3.49. The number of amides is 1. The van der Waals surface area contributed by atoms with Crippen molar-refractivity contribution < 1.29 is 4.79 Å². The van der Waals surface area contributed by atoms with E-state index >= 15 is 0 Å². The minimum Gasteiger partial charge on any atom is -0.369 e. The van der Waals surface area contributed by atoms with E-state index in [2.05, 4.69) is 41.1 Å². The molecule has 2 fully saturated rings. The molecule has 1 aromatic rings. The van der Waals surface area contributed by atoms with Gasteiger partial charge in [0, 0.05) is 24.8 Å². The number of allylic oxidation sites excluding steroid dienone is 1. The summed E-state index contributed by atoms with van der Waals surface area (Å²) in [7, 11) is 0. The van der Waals surface area contributed by atoms with E-state index < -0.39 is 0 Å². The molecule has 3 nitrogen and oxygen atoms in total. The van der Waals surface area contributed by atoms with Gasteiger partial charge >= 0.3 is 0 Å². The molecule has 112 valence electrons. The topological polar surface area (TPSA) is 32.3 Å². The molecule has 1 atom stereocenters. The van der Waals surface area contributed by atoms with Gasteiger partial charge in [0.25, 0.3) is 0 Å². The molecule has 1 aliphatic carbocycles. The van der Waals surface area contributed by atoms with Crippen molar-refractivity contribution in [3.8, 4) is 0 Å². The van der Waals surface area contributed by atoms with Crippen molar-refractivity contribution >= 4 is 11.6 Å². The Balaban J connectivity index is 1.57. The highest BCUT2D eigenvalue weighted by Gasteiger charge is 2.43. The summed E-state index contributed by atoms with van der Waals surface area (Å²) in [5.41, 5.74) is 1.10. The zero-order valence-electron chi connectivity index (χ0n) is 12.6.